The molecule has 29 heteroatoms. The fourth-order valence-electron chi connectivity index (χ4n) is 14.1. The first kappa shape index (κ1) is 76.0. The number of hydrogen-bond acceptors (Lipinski definition) is 15. The Morgan fingerprint density at radius 1 is 0.648 bits per heavy atom. The number of carbonyl (C=O) groups is 10. The van der Waals surface area contributed by atoms with Crippen LogP contribution in [0.2, 0.25) is 0 Å². The number of benzene rings is 5. The number of halogens is 2. The summed E-state index contributed by atoms with van der Waals surface area (Å²) in [5.74, 6) is -7.84. The molecule has 5 aromatic carbocycles. The van der Waals surface area contributed by atoms with E-state index in [4.69, 9.17) is 16.5 Å². The fourth-order valence-corrected chi connectivity index (χ4v) is 16.0. The number of nitrogens with zero attached hydrogens (tertiary/aromatic N) is 3. The maximum atomic E-state index is 15.8. The summed E-state index contributed by atoms with van der Waals surface area (Å²) in [5.41, 5.74) is 15.5. The molecule has 0 unspecified atom stereocenters. The Morgan fingerprint density at radius 3 is 1.96 bits per heavy atom. The quantitative estimate of drug-likeness (QED) is 0.0661. The summed E-state index contributed by atoms with van der Waals surface area (Å²) in [4.78, 5) is 161. The minimum absolute atomic E-state index is 0.0344. The molecule has 3 aliphatic heterocycles. The number of fused-ring (bicyclic) bond motifs is 9. The molecule has 25 nitrogen and oxygen atoms in total. The van der Waals surface area contributed by atoms with Crippen molar-refractivity contribution in [2.75, 3.05) is 42.6 Å². The van der Waals surface area contributed by atoms with E-state index in [2.05, 4.69) is 47.2 Å². The number of amides is 10. The van der Waals surface area contributed by atoms with Gasteiger partial charge in [0.25, 0.3) is 5.91 Å². The van der Waals surface area contributed by atoms with Crippen molar-refractivity contribution in [1.82, 2.24) is 52.1 Å². The summed E-state index contributed by atoms with van der Waals surface area (Å²) in [6.45, 7) is 0.538. The van der Waals surface area contributed by atoms with Crippen LogP contribution in [0.4, 0.5) is 14.5 Å². The Morgan fingerprint density at radius 2 is 1.29 bits per heavy atom. The van der Waals surface area contributed by atoms with Crippen molar-refractivity contribution in [3.8, 4) is 5.75 Å². The van der Waals surface area contributed by atoms with Crippen LogP contribution in [0.5, 0.6) is 5.75 Å². The van der Waals surface area contributed by atoms with Gasteiger partial charge in [0.05, 0.1) is 17.9 Å². The third-order valence-electron chi connectivity index (χ3n) is 19.8. The molecule has 7 aromatic rings. The molecule has 7 atom stereocenters. The number of thioether (sulfide) groups is 2. The summed E-state index contributed by atoms with van der Waals surface area (Å²) in [7, 11) is 0. The van der Waals surface area contributed by atoms with Crippen LogP contribution in [0.15, 0.2) is 127 Å². The molecule has 14 N–H and O–H groups in total. The van der Waals surface area contributed by atoms with Gasteiger partial charge in [-0.15, -0.1) is 0 Å². The summed E-state index contributed by atoms with van der Waals surface area (Å²) in [6.07, 6.45) is 6.11. The Labute approximate surface area is 614 Å². The smallest absolute Gasteiger partial charge is 0.272 e. The highest BCUT2D eigenvalue weighted by atomic mass is 32.2. The number of primary amides is 1. The number of phenols is 1. The molecule has 4 bridgehead atoms. The van der Waals surface area contributed by atoms with Gasteiger partial charge in [-0.05, 0) is 141 Å². The van der Waals surface area contributed by atoms with Crippen LogP contribution < -0.4 is 53.6 Å². The van der Waals surface area contributed by atoms with Gasteiger partial charge in [0.15, 0.2) is 0 Å². The number of aromatic amines is 2. The number of aliphatic imine (C=N–C) groups is 1. The highest BCUT2D eigenvalue weighted by molar-refractivity contribution is 7.98. The van der Waals surface area contributed by atoms with E-state index in [1.165, 1.54) is 88.1 Å². The van der Waals surface area contributed by atoms with E-state index in [1.807, 2.05) is 24.3 Å². The number of aromatic nitrogens is 2. The van der Waals surface area contributed by atoms with Crippen molar-refractivity contribution in [2.45, 2.75) is 150 Å². The summed E-state index contributed by atoms with van der Waals surface area (Å²) >= 11 is 2.85. The molecular formula is C76H88F2N14O11S2. The van der Waals surface area contributed by atoms with Gasteiger partial charge in [0.2, 0.25) is 59.3 Å². The van der Waals surface area contributed by atoms with E-state index in [0.717, 1.165) is 30.4 Å². The van der Waals surface area contributed by atoms with Gasteiger partial charge in [-0.2, -0.15) is 23.5 Å². The monoisotopic (exact) mass is 1470 g/mol. The van der Waals surface area contributed by atoms with Gasteiger partial charge in [-0.25, -0.2) is 8.78 Å². The summed E-state index contributed by atoms with van der Waals surface area (Å²) < 4.78 is 30.2. The molecule has 1 saturated carbocycles. The lowest BCUT2D eigenvalue weighted by Gasteiger charge is -2.37. The number of rotatable bonds is 12. The van der Waals surface area contributed by atoms with E-state index < -0.39 is 126 Å². The number of carbonyl (C=O) groups excluding carboxylic acids is 10. The van der Waals surface area contributed by atoms with E-state index in [1.54, 1.807) is 49.5 Å². The fraction of sp³-hybridized carbons (Fsp3) is 0.408. The van der Waals surface area contributed by atoms with Crippen molar-refractivity contribution < 1.29 is 61.8 Å². The van der Waals surface area contributed by atoms with Gasteiger partial charge in [0, 0.05) is 101 Å². The lowest BCUT2D eigenvalue weighted by atomic mass is 9.83. The SMILES string of the molecule is C[C@@]12CCCN1C(=O)[C@H](Cc1ccc(O)cc1)NC(=O)CN1C(=O)[C@H](N=C(C3CCCCC3)c3ccccc31)NC(=O)[C@@H](Cc1c[nH]c3ccc(F)cc13)NC(=O)[C@H](Cc1c[nH]c3ccc(F)cc13)NC(=O)CNC(=O)[C@H](CCCCN)NC(=O)CCSCc1cccc(c1)CSC[C@@H](C(N)=O)NC2=O. The number of nitrogens with two attached hydrogens (primary N) is 2. The van der Waals surface area contributed by atoms with E-state index in [0.29, 0.717) is 106 Å². The molecule has 4 aliphatic rings. The Bertz CT molecular complexity index is 4410. The van der Waals surface area contributed by atoms with Gasteiger partial charge in [0.1, 0.15) is 59.7 Å². The van der Waals surface area contributed by atoms with Crippen LogP contribution in [0.3, 0.4) is 0 Å². The van der Waals surface area contributed by atoms with Crippen LogP contribution in [-0.2, 0) is 78.7 Å². The van der Waals surface area contributed by atoms with Crippen molar-refractivity contribution in [2.24, 2.45) is 22.4 Å². The minimum Gasteiger partial charge on any atom is -0.508 e. The highest BCUT2D eigenvalue weighted by Gasteiger charge is 2.49. The topological polar surface area (TPSA) is 378 Å². The van der Waals surface area contributed by atoms with E-state index in [9.17, 15) is 29.1 Å². The van der Waals surface area contributed by atoms with Crippen LogP contribution in [0.1, 0.15) is 111 Å². The van der Waals surface area contributed by atoms with Crippen molar-refractivity contribution in [3.05, 3.63) is 167 Å². The second-order valence-electron chi connectivity index (χ2n) is 27.3. The number of H-pyrrole nitrogens is 2. The first-order valence-electron chi connectivity index (χ1n) is 35.5. The lowest BCUT2D eigenvalue weighted by molar-refractivity contribution is -0.147. The first-order valence-corrected chi connectivity index (χ1v) is 37.8. The zero-order chi connectivity index (χ0) is 74.3. The third-order valence-corrected chi connectivity index (χ3v) is 21.9. The van der Waals surface area contributed by atoms with Crippen LogP contribution in [-0.4, -0.2) is 164 Å². The molecule has 1 saturated heterocycles. The predicted molar refractivity (Wildman–Crippen MR) is 397 cm³/mol. The molecule has 10 amide bonds. The number of phenolic OH excluding ortho intramolecular Hbond substituents is 1. The largest absolute Gasteiger partial charge is 0.508 e. The second-order valence-corrected chi connectivity index (χ2v) is 29.5. The number of nitrogens with one attached hydrogen (secondary N) is 9. The van der Waals surface area contributed by atoms with Crippen molar-refractivity contribution in [3.63, 3.8) is 0 Å². The maximum absolute atomic E-state index is 15.8. The van der Waals surface area contributed by atoms with Crippen LogP contribution >= 0.6 is 23.5 Å². The van der Waals surface area contributed by atoms with Crippen molar-refractivity contribution in [1.29, 1.82) is 0 Å². The number of aromatic hydroxyl groups is 1. The third kappa shape index (κ3) is 19.3. The molecule has 2 aromatic heterocycles. The van der Waals surface area contributed by atoms with E-state index in [-0.39, 0.29) is 68.2 Å². The number of hydrogen-bond donors (Lipinski definition) is 12. The maximum Gasteiger partial charge on any atom is 0.272 e. The molecule has 5 heterocycles. The summed E-state index contributed by atoms with van der Waals surface area (Å²) in [5, 5.41) is 30.5. The standard InChI is InChI=1S/C76H88F2N14O11S2/c1-76-27-10-29-92(76)73(101)61(32-44-18-22-52(93)23-19-44)86-66(96)40-91-63-17-6-5-15-53(63)67(47-13-3-2-4-14-47)89-69(74(91)102)90-72(100)60(34-49-38-82-57-25-21-51(78)36-55(49)57)87-71(99)59(33-48-37-81-56-24-20-50(77)35-54(48)56)85-65(95)39-83-70(98)58(16-7-8-28-79)84-64(94)26-30-104-41-45-11-9-12-46(31-45)42-105-43-62(68(80)97)88-75(76)103/h5-6,9,11-12,15,17-25,31,35-38,47,58-62,69,81-82,93H,2-4,7-8,10,13-14,16,26-30,32-34,39-43,79H2,1H3,(H2,80,97)(H,83,98)(H,84,94)(H,85,95)(H,86,96)(H,87,99)(H,88,103)(H,90,100)/t58-,59-,60+,61-,62-,69+,76-/m0/s1. The molecule has 554 valence electrons. The normalized spacial score (nSPS) is 23.1. The first-order chi connectivity index (χ1) is 50.6. The number of para-hydroxylation sites is 1. The van der Waals surface area contributed by atoms with Gasteiger partial charge < -0.3 is 68.7 Å². The van der Waals surface area contributed by atoms with Gasteiger partial charge in [-0.3, -0.25) is 57.8 Å². The summed E-state index contributed by atoms with van der Waals surface area (Å²) in [6, 6.07) is 21.7. The van der Waals surface area contributed by atoms with Crippen molar-refractivity contribution >= 4 is 116 Å². The lowest BCUT2D eigenvalue weighted by Crippen LogP contribution is -2.62. The molecule has 1 aliphatic carbocycles. The Kier molecular flexibility index (Phi) is 25.4. The molecule has 11 rings (SSSR count). The number of unbranched alkanes of at least 4 members (excludes halogenated alkanes) is 1. The van der Waals surface area contributed by atoms with Gasteiger partial charge in [-0.1, -0.05) is 73.9 Å². The zero-order valence-electron chi connectivity index (χ0n) is 58.2. The minimum atomic E-state index is -1.80. The number of anilines is 1. The molecule has 0 radical (unpaired) electrons. The van der Waals surface area contributed by atoms with Crippen LogP contribution in [0.25, 0.3) is 21.8 Å². The molecule has 2 fully saturated rings. The van der Waals surface area contributed by atoms with Crippen LogP contribution in [0, 0.1) is 17.6 Å². The Hall–Kier alpha value is -10.1. The highest BCUT2D eigenvalue weighted by Crippen LogP contribution is 2.36. The predicted octanol–water partition coefficient (Wildman–Crippen LogP) is 5.63. The molecule has 0 spiro atoms. The zero-order valence-corrected chi connectivity index (χ0v) is 59.9. The Balaban J connectivity index is 0.953. The second kappa shape index (κ2) is 35.1. The molecule has 105 heavy (non-hydrogen) atoms. The van der Waals surface area contributed by atoms with E-state index >= 15 is 32.8 Å². The average molecular weight is 1480 g/mol. The average Bonchev–Trinajstić information content (AvgIpc) is 1.67. The van der Waals surface area contributed by atoms with Gasteiger partial charge >= 0.3 is 0 Å². The molecular weight excluding hydrogens is 1390 g/mol.